The van der Waals surface area contributed by atoms with E-state index in [1.165, 1.54) is 11.8 Å². The molecule has 5 rings (SSSR count). The van der Waals surface area contributed by atoms with Crippen LogP contribution >= 0.6 is 11.8 Å². The fourth-order valence-corrected chi connectivity index (χ4v) is 6.32. The van der Waals surface area contributed by atoms with Crippen molar-refractivity contribution in [1.82, 2.24) is 19.7 Å². The van der Waals surface area contributed by atoms with Gasteiger partial charge < -0.3 is 29.4 Å². The highest BCUT2D eigenvalue weighted by atomic mass is 32.2. The van der Waals surface area contributed by atoms with Crippen molar-refractivity contribution >= 4 is 29.3 Å². The maximum absolute atomic E-state index is 13.0. The maximum atomic E-state index is 13.0. The molecule has 3 heterocycles. The molecule has 0 aliphatic carbocycles. The number of rotatable bonds is 8. The Hall–Kier alpha value is -3.46. The van der Waals surface area contributed by atoms with Crippen LogP contribution in [0.4, 0.5) is 18.9 Å². The van der Waals surface area contributed by atoms with Crippen molar-refractivity contribution in [1.29, 1.82) is 0 Å². The Labute approximate surface area is 250 Å². The minimum Gasteiger partial charge on any atom is -0.392 e. The third-order valence-electron chi connectivity index (χ3n) is 7.68. The van der Waals surface area contributed by atoms with E-state index in [-0.39, 0.29) is 37.7 Å². The average molecular weight is 620 g/mol. The minimum absolute atomic E-state index is 0.0377. The van der Waals surface area contributed by atoms with Gasteiger partial charge >= 0.3 is 12.1 Å². The standard InChI is InChI=1S/C29H32F3N5O5S/c1-17-23(15-43-28-35-33-16-36(28)2)41-26(42-24(17)19-7-5-18(14-38)6-8-19)20-9-11-21(12-10-20)34-25(39)22-4-3-13-37(22)27(40)29(30,31)32/h5-12,16-17,22-24,26,38H,3-4,13-15H2,1-2H3,(H,34,39). The summed E-state index contributed by atoms with van der Waals surface area (Å²) in [6, 6.07) is 13.1. The smallest absolute Gasteiger partial charge is 0.392 e. The zero-order valence-electron chi connectivity index (χ0n) is 23.5. The SMILES string of the molecule is CC1C(CSc2nncn2C)OC(c2ccc(NC(=O)C3CCCN3C(=O)C(F)(F)F)cc2)OC1c1ccc(CO)cc1. The molecule has 14 heteroatoms. The molecule has 43 heavy (non-hydrogen) atoms. The number of thioether (sulfide) groups is 1. The van der Waals surface area contributed by atoms with E-state index in [4.69, 9.17) is 9.47 Å². The molecule has 2 amide bonds. The second-order valence-electron chi connectivity index (χ2n) is 10.6. The first kappa shape index (κ1) is 31.0. The number of hydrogen-bond acceptors (Lipinski definition) is 8. The van der Waals surface area contributed by atoms with Gasteiger partial charge in [0.1, 0.15) is 12.4 Å². The van der Waals surface area contributed by atoms with E-state index in [1.54, 1.807) is 30.6 Å². The Balaban J connectivity index is 1.31. The van der Waals surface area contributed by atoms with Crippen LogP contribution in [-0.2, 0) is 32.7 Å². The summed E-state index contributed by atoms with van der Waals surface area (Å²) in [5, 5.41) is 20.9. The Morgan fingerprint density at radius 1 is 1.09 bits per heavy atom. The molecule has 5 atom stereocenters. The molecule has 2 aromatic carbocycles. The van der Waals surface area contributed by atoms with Gasteiger partial charge in [-0.2, -0.15) is 13.2 Å². The lowest BCUT2D eigenvalue weighted by Gasteiger charge is -2.41. The summed E-state index contributed by atoms with van der Waals surface area (Å²) in [6.07, 6.45) is -4.24. The Morgan fingerprint density at radius 2 is 1.79 bits per heavy atom. The predicted molar refractivity (Wildman–Crippen MR) is 151 cm³/mol. The molecule has 0 bridgehead atoms. The number of alkyl halides is 3. The van der Waals surface area contributed by atoms with Gasteiger partial charge in [0.05, 0.1) is 18.8 Å². The second kappa shape index (κ2) is 13.0. The van der Waals surface area contributed by atoms with Gasteiger partial charge in [-0.05, 0) is 36.1 Å². The highest BCUT2D eigenvalue weighted by Crippen LogP contribution is 2.43. The van der Waals surface area contributed by atoms with Crippen molar-refractivity contribution in [2.24, 2.45) is 13.0 Å². The van der Waals surface area contributed by atoms with Crippen molar-refractivity contribution in [3.8, 4) is 0 Å². The summed E-state index contributed by atoms with van der Waals surface area (Å²) in [5.41, 5.74) is 2.78. The summed E-state index contributed by atoms with van der Waals surface area (Å²) >= 11 is 1.52. The van der Waals surface area contributed by atoms with Gasteiger partial charge in [-0.25, -0.2) is 0 Å². The molecule has 5 unspecified atom stereocenters. The Bertz CT molecular complexity index is 1420. The number of aryl methyl sites for hydroxylation is 1. The first-order valence-corrected chi connectivity index (χ1v) is 14.8. The van der Waals surface area contributed by atoms with Crippen LogP contribution in [0.3, 0.4) is 0 Å². The minimum atomic E-state index is -5.04. The average Bonchev–Trinajstić information content (AvgIpc) is 3.65. The highest BCUT2D eigenvalue weighted by molar-refractivity contribution is 7.99. The molecule has 2 aliphatic rings. The van der Waals surface area contributed by atoms with E-state index in [0.29, 0.717) is 28.3 Å². The van der Waals surface area contributed by atoms with Crippen LogP contribution < -0.4 is 5.32 Å². The number of likely N-dealkylation sites (tertiary alicyclic amines) is 1. The van der Waals surface area contributed by atoms with Gasteiger partial charge in [-0.3, -0.25) is 9.59 Å². The van der Waals surface area contributed by atoms with E-state index in [9.17, 15) is 27.9 Å². The number of anilines is 1. The summed E-state index contributed by atoms with van der Waals surface area (Å²) in [7, 11) is 1.86. The number of nitrogens with one attached hydrogen (secondary N) is 1. The van der Waals surface area contributed by atoms with Crippen molar-refractivity contribution in [2.45, 2.75) is 62.2 Å². The quantitative estimate of drug-likeness (QED) is 0.357. The maximum Gasteiger partial charge on any atom is 0.471 e. The molecule has 2 aliphatic heterocycles. The van der Waals surface area contributed by atoms with Gasteiger partial charge in [0, 0.05) is 36.5 Å². The van der Waals surface area contributed by atoms with E-state index in [2.05, 4.69) is 22.4 Å². The molecule has 0 spiro atoms. The van der Waals surface area contributed by atoms with Crippen LogP contribution in [0.25, 0.3) is 0 Å². The van der Waals surface area contributed by atoms with Crippen LogP contribution in [0.1, 0.15) is 48.8 Å². The van der Waals surface area contributed by atoms with E-state index < -0.39 is 30.3 Å². The molecule has 1 aromatic heterocycles. The van der Waals surface area contributed by atoms with E-state index in [0.717, 1.165) is 16.3 Å². The lowest BCUT2D eigenvalue weighted by Crippen LogP contribution is -2.48. The fourth-order valence-electron chi connectivity index (χ4n) is 5.26. The number of amides is 2. The van der Waals surface area contributed by atoms with Gasteiger partial charge in [-0.1, -0.05) is 55.1 Å². The number of nitrogens with zero attached hydrogens (tertiary/aromatic N) is 4. The normalized spacial score (nSPS) is 24.2. The topological polar surface area (TPSA) is 119 Å². The van der Waals surface area contributed by atoms with Crippen LogP contribution in [0.5, 0.6) is 0 Å². The summed E-state index contributed by atoms with van der Waals surface area (Å²) in [5.74, 6) is -2.13. The summed E-state index contributed by atoms with van der Waals surface area (Å²) in [6.45, 7) is 1.87. The van der Waals surface area contributed by atoms with Gasteiger partial charge in [-0.15, -0.1) is 10.2 Å². The summed E-state index contributed by atoms with van der Waals surface area (Å²) < 4.78 is 53.6. The molecule has 2 N–H and O–H groups in total. The Morgan fingerprint density at radius 3 is 2.42 bits per heavy atom. The second-order valence-corrected chi connectivity index (χ2v) is 11.6. The van der Waals surface area contributed by atoms with Crippen molar-refractivity contribution in [3.05, 3.63) is 71.5 Å². The first-order valence-electron chi connectivity index (χ1n) is 13.8. The molecule has 0 saturated carbocycles. The zero-order valence-corrected chi connectivity index (χ0v) is 24.3. The number of aliphatic hydroxyl groups is 1. The lowest BCUT2D eigenvalue weighted by molar-refractivity contribution is -0.268. The number of carbonyl (C=O) groups excluding carboxylic acids is 2. The molecule has 0 radical (unpaired) electrons. The molecular formula is C29H32F3N5O5S. The molecular weight excluding hydrogens is 587 g/mol. The van der Waals surface area contributed by atoms with Gasteiger partial charge in [0.2, 0.25) is 5.91 Å². The van der Waals surface area contributed by atoms with Crippen molar-refractivity contribution < 1.29 is 37.3 Å². The van der Waals surface area contributed by atoms with Gasteiger partial charge in [0.25, 0.3) is 0 Å². The fraction of sp³-hybridized carbons (Fsp3) is 0.448. The molecule has 3 aromatic rings. The van der Waals surface area contributed by atoms with Crippen molar-refractivity contribution in [3.63, 3.8) is 0 Å². The lowest BCUT2D eigenvalue weighted by atomic mass is 9.91. The monoisotopic (exact) mass is 619 g/mol. The molecule has 2 saturated heterocycles. The summed E-state index contributed by atoms with van der Waals surface area (Å²) in [4.78, 5) is 25.2. The number of ether oxygens (including phenoxy) is 2. The first-order chi connectivity index (χ1) is 20.5. The number of benzene rings is 2. The zero-order chi connectivity index (χ0) is 30.7. The number of aliphatic hydroxyl groups excluding tert-OH is 1. The highest BCUT2D eigenvalue weighted by Gasteiger charge is 2.47. The third kappa shape index (κ3) is 7.03. The predicted octanol–water partition coefficient (Wildman–Crippen LogP) is 4.38. The Kier molecular flexibility index (Phi) is 9.39. The van der Waals surface area contributed by atoms with E-state index in [1.807, 2.05) is 35.9 Å². The number of carbonyl (C=O) groups is 2. The van der Waals surface area contributed by atoms with Crippen LogP contribution in [-0.4, -0.2) is 67.2 Å². The largest absolute Gasteiger partial charge is 0.471 e. The molecule has 10 nitrogen and oxygen atoms in total. The van der Waals surface area contributed by atoms with Crippen LogP contribution in [0.15, 0.2) is 60.0 Å². The van der Waals surface area contributed by atoms with Crippen LogP contribution in [0, 0.1) is 5.92 Å². The third-order valence-corrected chi connectivity index (χ3v) is 8.80. The number of hydrogen-bond donors (Lipinski definition) is 2. The molecule has 230 valence electrons. The number of halogens is 3. The van der Waals surface area contributed by atoms with E-state index >= 15 is 0 Å². The van der Waals surface area contributed by atoms with Gasteiger partial charge in [0.15, 0.2) is 11.4 Å². The number of aromatic nitrogens is 3. The molecule has 2 fully saturated rings. The van der Waals surface area contributed by atoms with Crippen LogP contribution in [0.2, 0.25) is 0 Å². The van der Waals surface area contributed by atoms with Crippen molar-refractivity contribution in [2.75, 3.05) is 17.6 Å².